The Morgan fingerprint density at radius 1 is 1.35 bits per heavy atom. The van der Waals surface area contributed by atoms with Crippen molar-refractivity contribution in [3.05, 3.63) is 35.4 Å². The van der Waals surface area contributed by atoms with E-state index < -0.39 is 0 Å². The zero-order valence-corrected chi connectivity index (χ0v) is 12.6. The minimum atomic E-state index is 0.155. The molecule has 1 aromatic rings. The third-order valence-corrected chi connectivity index (χ3v) is 4.31. The number of carbonyl (C=O) groups excluding carboxylic acids is 1. The van der Waals surface area contributed by atoms with E-state index in [1.54, 1.807) is 0 Å². The van der Waals surface area contributed by atoms with Gasteiger partial charge in [0.25, 0.3) is 0 Å². The molecule has 1 aromatic carbocycles. The molecule has 2 unspecified atom stereocenters. The first kappa shape index (κ1) is 15.0. The van der Waals surface area contributed by atoms with Crippen molar-refractivity contribution >= 4 is 5.91 Å². The van der Waals surface area contributed by atoms with Crippen molar-refractivity contribution < 1.29 is 4.79 Å². The number of rotatable bonds is 5. The summed E-state index contributed by atoms with van der Waals surface area (Å²) < 4.78 is 0. The van der Waals surface area contributed by atoms with Gasteiger partial charge in [0.1, 0.15) is 0 Å². The van der Waals surface area contributed by atoms with E-state index in [0.717, 1.165) is 13.0 Å². The molecule has 1 heterocycles. The highest BCUT2D eigenvalue weighted by Crippen LogP contribution is 2.18. The summed E-state index contributed by atoms with van der Waals surface area (Å²) in [7, 11) is 0. The quantitative estimate of drug-likeness (QED) is 0.866. The van der Waals surface area contributed by atoms with E-state index in [-0.39, 0.29) is 5.91 Å². The fourth-order valence-electron chi connectivity index (χ4n) is 2.93. The summed E-state index contributed by atoms with van der Waals surface area (Å²) in [6, 6.07) is 8.65. The normalized spacial score (nSPS) is 22.5. The molecule has 2 rings (SSSR count). The van der Waals surface area contributed by atoms with Crippen LogP contribution in [0.15, 0.2) is 24.3 Å². The molecular weight excluding hydrogens is 248 g/mol. The van der Waals surface area contributed by atoms with Crippen molar-refractivity contribution in [2.75, 3.05) is 6.54 Å². The molecule has 1 aliphatic rings. The Bertz CT molecular complexity index is 444. The van der Waals surface area contributed by atoms with Crippen molar-refractivity contribution in [2.24, 2.45) is 5.92 Å². The Balaban J connectivity index is 1.82. The molecule has 3 nitrogen and oxygen atoms in total. The Morgan fingerprint density at radius 3 is 2.80 bits per heavy atom. The Morgan fingerprint density at radius 2 is 2.10 bits per heavy atom. The van der Waals surface area contributed by atoms with Crippen LogP contribution in [0.2, 0.25) is 0 Å². The second-order valence-electron chi connectivity index (χ2n) is 5.78. The number of nitrogens with one attached hydrogen (secondary N) is 2. The lowest BCUT2D eigenvalue weighted by Crippen LogP contribution is -2.43. The van der Waals surface area contributed by atoms with Crippen molar-refractivity contribution in [1.29, 1.82) is 0 Å². The third kappa shape index (κ3) is 4.07. The van der Waals surface area contributed by atoms with Gasteiger partial charge in [-0.2, -0.15) is 0 Å². The molecule has 1 amide bonds. The van der Waals surface area contributed by atoms with Gasteiger partial charge in [-0.3, -0.25) is 4.79 Å². The summed E-state index contributed by atoms with van der Waals surface area (Å²) >= 11 is 0. The van der Waals surface area contributed by atoms with E-state index in [1.807, 2.05) is 6.07 Å². The number of piperidine rings is 1. The Kier molecular flexibility index (Phi) is 5.60. The van der Waals surface area contributed by atoms with Crippen molar-refractivity contribution in [3.63, 3.8) is 0 Å². The van der Waals surface area contributed by atoms with Gasteiger partial charge in [0.15, 0.2) is 0 Å². The number of hydrogen-bond donors (Lipinski definition) is 2. The van der Waals surface area contributed by atoms with Crippen LogP contribution < -0.4 is 10.6 Å². The highest BCUT2D eigenvalue weighted by Gasteiger charge is 2.22. The van der Waals surface area contributed by atoms with Crippen LogP contribution in [0.1, 0.15) is 44.2 Å². The maximum Gasteiger partial charge on any atom is 0.221 e. The number of aryl methyl sites for hydroxylation is 1. The van der Waals surface area contributed by atoms with Gasteiger partial charge in [-0.15, -0.1) is 0 Å². The minimum absolute atomic E-state index is 0.155. The first-order chi connectivity index (χ1) is 9.70. The summed E-state index contributed by atoms with van der Waals surface area (Å²) in [4.78, 5) is 12.1. The molecule has 110 valence electrons. The van der Waals surface area contributed by atoms with Gasteiger partial charge in [-0.25, -0.2) is 0 Å². The van der Waals surface area contributed by atoms with Crippen LogP contribution in [-0.4, -0.2) is 18.5 Å². The predicted molar refractivity (Wildman–Crippen MR) is 82.5 cm³/mol. The van der Waals surface area contributed by atoms with Crippen molar-refractivity contribution in [1.82, 2.24) is 10.6 Å². The summed E-state index contributed by atoms with van der Waals surface area (Å²) in [5.41, 5.74) is 2.55. The van der Waals surface area contributed by atoms with E-state index in [1.165, 1.54) is 24.0 Å². The fraction of sp³-hybridized carbons (Fsp3) is 0.588. The average Bonchev–Trinajstić information content (AvgIpc) is 2.48. The molecule has 0 spiro atoms. The smallest absolute Gasteiger partial charge is 0.221 e. The Labute approximate surface area is 122 Å². The van der Waals surface area contributed by atoms with E-state index >= 15 is 0 Å². The molecule has 1 aliphatic heterocycles. The zero-order chi connectivity index (χ0) is 14.4. The maximum absolute atomic E-state index is 12.1. The van der Waals surface area contributed by atoms with Crippen LogP contribution in [0.25, 0.3) is 0 Å². The van der Waals surface area contributed by atoms with E-state index in [9.17, 15) is 4.79 Å². The SMILES string of the molecule is CCc1ccccc1CNC(=O)CC1NCCCC1C. The highest BCUT2D eigenvalue weighted by molar-refractivity contribution is 5.76. The van der Waals surface area contributed by atoms with Gasteiger partial charge in [0, 0.05) is 19.0 Å². The van der Waals surface area contributed by atoms with Crippen molar-refractivity contribution in [3.8, 4) is 0 Å². The van der Waals surface area contributed by atoms with Crippen LogP contribution in [0.5, 0.6) is 0 Å². The summed E-state index contributed by atoms with van der Waals surface area (Å²) in [5.74, 6) is 0.750. The van der Waals surface area contributed by atoms with Crippen LogP contribution in [0, 0.1) is 5.92 Å². The van der Waals surface area contributed by atoms with Gasteiger partial charge in [0.2, 0.25) is 5.91 Å². The molecule has 1 fully saturated rings. The molecule has 0 saturated carbocycles. The summed E-state index contributed by atoms with van der Waals surface area (Å²) in [6.07, 6.45) is 4.05. The molecule has 20 heavy (non-hydrogen) atoms. The lowest BCUT2D eigenvalue weighted by atomic mass is 9.90. The summed E-state index contributed by atoms with van der Waals surface area (Å²) in [5, 5.41) is 6.52. The van der Waals surface area contributed by atoms with Gasteiger partial charge in [-0.1, -0.05) is 38.1 Å². The minimum Gasteiger partial charge on any atom is -0.352 e. The lowest BCUT2D eigenvalue weighted by Gasteiger charge is -2.29. The van der Waals surface area contributed by atoms with Crippen LogP contribution >= 0.6 is 0 Å². The van der Waals surface area contributed by atoms with Gasteiger partial charge in [-0.05, 0) is 42.9 Å². The largest absolute Gasteiger partial charge is 0.352 e. The molecule has 1 saturated heterocycles. The first-order valence-corrected chi connectivity index (χ1v) is 7.77. The average molecular weight is 274 g/mol. The highest BCUT2D eigenvalue weighted by atomic mass is 16.1. The molecule has 0 radical (unpaired) electrons. The molecule has 0 bridgehead atoms. The van der Waals surface area contributed by atoms with Gasteiger partial charge >= 0.3 is 0 Å². The fourth-order valence-corrected chi connectivity index (χ4v) is 2.93. The molecular formula is C17H26N2O. The van der Waals surface area contributed by atoms with E-state index in [4.69, 9.17) is 0 Å². The molecule has 0 aromatic heterocycles. The molecule has 2 atom stereocenters. The number of amides is 1. The number of benzene rings is 1. The molecule has 0 aliphatic carbocycles. The topological polar surface area (TPSA) is 41.1 Å². The lowest BCUT2D eigenvalue weighted by molar-refractivity contribution is -0.122. The van der Waals surface area contributed by atoms with Crippen molar-refractivity contribution in [2.45, 2.75) is 52.1 Å². The second-order valence-corrected chi connectivity index (χ2v) is 5.78. The van der Waals surface area contributed by atoms with E-state index in [0.29, 0.717) is 24.9 Å². The van der Waals surface area contributed by atoms with Crippen LogP contribution in [0.3, 0.4) is 0 Å². The second kappa shape index (κ2) is 7.44. The maximum atomic E-state index is 12.1. The Hall–Kier alpha value is -1.35. The zero-order valence-electron chi connectivity index (χ0n) is 12.6. The number of hydrogen-bond acceptors (Lipinski definition) is 2. The summed E-state index contributed by atoms with van der Waals surface area (Å²) in [6.45, 7) is 6.07. The van der Waals surface area contributed by atoms with E-state index in [2.05, 4.69) is 42.7 Å². The van der Waals surface area contributed by atoms with Gasteiger partial charge in [0.05, 0.1) is 0 Å². The van der Waals surface area contributed by atoms with Crippen LogP contribution in [-0.2, 0) is 17.8 Å². The first-order valence-electron chi connectivity index (χ1n) is 7.77. The monoisotopic (exact) mass is 274 g/mol. The molecule has 3 heteroatoms. The van der Waals surface area contributed by atoms with Crippen LogP contribution in [0.4, 0.5) is 0 Å². The molecule has 2 N–H and O–H groups in total. The standard InChI is InChI=1S/C17H26N2O/c1-3-14-8-4-5-9-15(14)12-19-17(20)11-16-13(2)7-6-10-18-16/h4-5,8-9,13,16,18H,3,6-7,10-12H2,1-2H3,(H,19,20). The van der Waals surface area contributed by atoms with Gasteiger partial charge < -0.3 is 10.6 Å². The third-order valence-electron chi connectivity index (χ3n) is 4.31. The number of carbonyl (C=O) groups is 1. The predicted octanol–water partition coefficient (Wildman–Crippen LogP) is 2.64.